The van der Waals surface area contributed by atoms with Crippen molar-refractivity contribution in [2.24, 2.45) is 11.8 Å². The molecule has 4 nitrogen and oxygen atoms in total. The molecule has 3 rings (SSSR count). The van der Waals surface area contributed by atoms with E-state index in [1.54, 1.807) is 6.33 Å². The van der Waals surface area contributed by atoms with Gasteiger partial charge in [0.2, 0.25) is 0 Å². The number of aromatic nitrogens is 3. The van der Waals surface area contributed by atoms with Crippen LogP contribution in [0.5, 0.6) is 0 Å². The molecule has 1 aromatic heterocycles. The number of ketones is 1. The molecule has 2 atom stereocenters. The molecule has 0 aromatic carbocycles. The average Bonchev–Trinajstić information content (AvgIpc) is 2.77. The van der Waals surface area contributed by atoms with Gasteiger partial charge in [-0.1, -0.05) is 13.8 Å². The molecule has 2 aliphatic carbocycles. The first-order chi connectivity index (χ1) is 8.56. The Morgan fingerprint density at radius 1 is 1.28 bits per heavy atom. The minimum absolute atomic E-state index is 0.422. The topological polar surface area (TPSA) is 47.8 Å². The van der Waals surface area contributed by atoms with Crippen LogP contribution in [0.2, 0.25) is 0 Å². The molecule has 0 aliphatic heterocycles. The van der Waals surface area contributed by atoms with Gasteiger partial charge in [0.15, 0.2) is 0 Å². The van der Waals surface area contributed by atoms with Crippen LogP contribution in [0.3, 0.4) is 0 Å². The Kier molecular flexibility index (Phi) is 5.51. The SMILES string of the molecule is CC.Cc1ncn(C(C)C)n1.O=C1C[C@@H]2C[C@@H]2C1. The first kappa shape index (κ1) is 14.9. The molecular weight excluding hydrogens is 226 g/mol. The summed E-state index contributed by atoms with van der Waals surface area (Å²) in [4.78, 5) is 14.5. The third-order valence-electron chi connectivity index (χ3n) is 3.20. The van der Waals surface area contributed by atoms with Gasteiger partial charge in [-0.3, -0.25) is 9.48 Å². The molecule has 1 aromatic rings. The number of nitrogens with zero attached hydrogens (tertiary/aromatic N) is 3. The van der Waals surface area contributed by atoms with Crippen molar-refractivity contribution >= 4 is 5.78 Å². The molecule has 2 aliphatic rings. The maximum atomic E-state index is 10.5. The molecular formula is C14H25N3O. The van der Waals surface area contributed by atoms with Gasteiger partial charge in [-0.25, -0.2) is 4.98 Å². The van der Waals surface area contributed by atoms with Gasteiger partial charge >= 0.3 is 0 Å². The Hall–Kier alpha value is -1.19. The molecule has 1 heterocycles. The molecule has 4 heteroatoms. The summed E-state index contributed by atoms with van der Waals surface area (Å²) in [5, 5.41) is 4.12. The van der Waals surface area contributed by atoms with E-state index in [9.17, 15) is 4.79 Å². The first-order valence-corrected chi connectivity index (χ1v) is 6.95. The lowest BCUT2D eigenvalue weighted by atomic mass is 10.2. The minimum atomic E-state index is 0.422. The zero-order valence-electron chi connectivity index (χ0n) is 12.2. The van der Waals surface area contributed by atoms with Crippen molar-refractivity contribution < 1.29 is 4.79 Å². The van der Waals surface area contributed by atoms with Crippen LogP contribution in [-0.2, 0) is 4.79 Å². The summed E-state index contributed by atoms with van der Waals surface area (Å²) in [7, 11) is 0. The van der Waals surface area contributed by atoms with E-state index in [0.29, 0.717) is 11.8 Å². The number of rotatable bonds is 1. The molecule has 18 heavy (non-hydrogen) atoms. The van der Waals surface area contributed by atoms with Gasteiger partial charge in [0.05, 0.1) is 0 Å². The van der Waals surface area contributed by atoms with E-state index in [0.717, 1.165) is 30.5 Å². The van der Waals surface area contributed by atoms with Crippen LogP contribution in [0.4, 0.5) is 0 Å². The largest absolute Gasteiger partial charge is 0.300 e. The van der Waals surface area contributed by atoms with Crippen molar-refractivity contribution in [1.29, 1.82) is 0 Å². The number of fused-ring (bicyclic) bond motifs is 1. The van der Waals surface area contributed by atoms with E-state index >= 15 is 0 Å². The highest BCUT2D eigenvalue weighted by Gasteiger charge is 2.45. The van der Waals surface area contributed by atoms with Gasteiger partial charge < -0.3 is 0 Å². The minimum Gasteiger partial charge on any atom is -0.300 e. The van der Waals surface area contributed by atoms with Gasteiger partial charge in [-0.2, -0.15) is 5.10 Å². The molecule has 0 amide bonds. The van der Waals surface area contributed by atoms with Crippen LogP contribution in [0, 0.1) is 18.8 Å². The zero-order chi connectivity index (χ0) is 13.7. The second-order valence-electron chi connectivity index (χ2n) is 5.07. The number of hydrogen-bond donors (Lipinski definition) is 0. The number of carbonyl (C=O) groups excluding carboxylic acids is 1. The highest BCUT2D eigenvalue weighted by molar-refractivity contribution is 5.82. The van der Waals surface area contributed by atoms with E-state index in [1.807, 2.05) is 25.5 Å². The Morgan fingerprint density at radius 3 is 2.06 bits per heavy atom. The van der Waals surface area contributed by atoms with Crippen molar-refractivity contribution in [2.45, 2.75) is 59.9 Å². The predicted molar refractivity (Wildman–Crippen MR) is 72.3 cm³/mol. The van der Waals surface area contributed by atoms with Gasteiger partial charge in [-0.15, -0.1) is 0 Å². The van der Waals surface area contributed by atoms with Crippen molar-refractivity contribution in [2.75, 3.05) is 0 Å². The molecule has 0 radical (unpaired) electrons. The number of Topliss-reactive ketones (excluding diaryl/α,β-unsaturated/α-hetero) is 1. The lowest BCUT2D eigenvalue weighted by molar-refractivity contribution is -0.118. The molecule has 0 unspecified atom stereocenters. The predicted octanol–water partition coefficient (Wildman–Crippen LogP) is 3.18. The second kappa shape index (κ2) is 6.66. The quantitative estimate of drug-likeness (QED) is 0.770. The molecule has 0 spiro atoms. The smallest absolute Gasteiger partial charge is 0.147 e. The van der Waals surface area contributed by atoms with Crippen molar-refractivity contribution in [3.8, 4) is 0 Å². The summed E-state index contributed by atoms with van der Waals surface area (Å²) in [6, 6.07) is 0.422. The Morgan fingerprint density at radius 2 is 1.83 bits per heavy atom. The van der Waals surface area contributed by atoms with Crippen LogP contribution in [-0.4, -0.2) is 20.5 Å². The highest BCUT2D eigenvalue weighted by atomic mass is 16.1. The summed E-state index contributed by atoms with van der Waals surface area (Å²) in [5.74, 6) is 3.02. The maximum Gasteiger partial charge on any atom is 0.147 e. The molecule has 0 saturated heterocycles. The molecule has 2 fully saturated rings. The maximum absolute atomic E-state index is 10.5. The third-order valence-corrected chi connectivity index (χ3v) is 3.20. The van der Waals surface area contributed by atoms with Crippen LogP contribution < -0.4 is 0 Å². The van der Waals surface area contributed by atoms with E-state index in [4.69, 9.17) is 0 Å². The fourth-order valence-corrected chi connectivity index (χ4v) is 2.09. The molecule has 102 valence electrons. The molecule has 0 N–H and O–H groups in total. The van der Waals surface area contributed by atoms with E-state index in [2.05, 4.69) is 23.9 Å². The van der Waals surface area contributed by atoms with Crippen molar-refractivity contribution in [3.05, 3.63) is 12.2 Å². The normalized spacial score (nSPS) is 23.8. The van der Waals surface area contributed by atoms with Gasteiger partial charge in [0, 0.05) is 18.9 Å². The second-order valence-corrected chi connectivity index (χ2v) is 5.07. The fourth-order valence-electron chi connectivity index (χ4n) is 2.09. The van der Waals surface area contributed by atoms with Crippen LogP contribution in [0.1, 0.15) is 58.8 Å². The lowest BCUT2D eigenvalue weighted by Crippen LogP contribution is -2.00. The highest BCUT2D eigenvalue weighted by Crippen LogP contribution is 2.49. The molecule has 2 saturated carbocycles. The zero-order valence-corrected chi connectivity index (χ0v) is 12.2. The summed E-state index contributed by atoms with van der Waals surface area (Å²) in [6.07, 6.45) is 4.92. The van der Waals surface area contributed by atoms with Crippen molar-refractivity contribution in [1.82, 2.24) is 14.8 Å². The van der Waals surface area contributed by atoms with E-state index in [1.165, 1.54) is 6.42 Å². The van der Waals surface area contributed by atoms with Gasteiger partial charge in [0.25, 0.3) is 0 Å². The number of hydrogen-bond acceptors (Lipinski definition) is 3. The van der Waals surface area contributed by atoms with Crippen LogP contribution >= 0.6 is 0 Å². The van der Waals surface area contributed by atoms with Gasteiger partial charge in [0.1, 0.15) is 17.9 Å². The Bertz CT molecular complexity index is 372. The molecule has 0 bridgehead atoms. The summed E-state index contributed by atoms with van der Waals surface area (Å²) < 4.78 is 1.84. The van der Waals surface area contributed by atoms with Crippen molar-refractivity contribution in [3.63, 3.8) is 0 Å². The first-order valence-electron chi connectivity index (χ1n) is 6.95. The Balaban J connectivity index is 0.000000161. The number of carbonyl (C=O) groups is 1. The van der Waals surface area contributed by atoms with Crippen LogP contribution in [0.25, 0.3) is 0 Å². The number of aryl methyl sites for hydroxylation is 1. The van der Waals surface area contributed by atoms with Gasteiger partial charge in [-0.05, 0) is 39.0 Å². The summed E-state index contributed by atoms with van der Waals surface area (Å²) in [5.41, 5.74) is 0. The lowest BCUT2D eigenvalue weighted by Gasteiger charge is -2.00. The van der Waals surface area contributed by atoms with E-state index < -0.39 is 0 Å². The summed E-state index contributed by atoms with van der Waals surface area (Å²) >= 11 is 0. The third kappa shape index (κ3) is 4.24. The summed E-state index contributed by atoms with van der Waals surface area (Å²) in [6.45, 7) is 10.0. The average molecular weight is 251 g/mol. The fraction of sp³-hybridized carbons (Fsp3) is 0.786. The van der Waals surface area contributed by atoms with Crippen LogP contribution in [0.15, 0.2) is 6.33 Å². The Labute approximate surface area is 110 Å². The monoisotopic (exact) mass is 251 g/mol. The van der Waals surface area contributed by atoms with E-state index in [-0.39, 0.29) is 0 Å². The standard InChI is InChI=1S/C6H11N3.C6H8O.C2H6/c1-5(2)9-4-7-6(3)8-9;7-6-2-4-1-5(4)3-6;1-2/h4-5H,1-3H3;4-5H,1-3H2;1-2H3/t;4-,5+;.